The van der Waals surface area contributed by atoms with Crippen LogP contribution in [0.15, 0.2) is 48.5 Å². The zero-order valence-electron chi connectivity index (χ0n) is 11.1. The molecule has 2 N–H and O–H groups in total. The summed E-state index contributed by atoms with van der Waals surface area (Å²) in [5.41, 5.74) is 1.46. The highest BCUT2D eigenvalue weighted by atomic mass is 19.1. The van der Waals surface area contributed by atoms with Gasteiger partial charge >= 0.3 is 0 Å². The number of carbonyl (C=O) groups excluding carboxylic acids is 1. The van der Waals surface area contributed by atoms with Gasteiger partial charge in [-0.25, -0.2) is 4.39 Å². The van der Waals surface area contributed by atoms with Gasteiger partial charge in [0.1, 0.15) is 5.82 Å². The van der Waals surface area contributed by atoms with E-state index in [-0.39, 0.29) is 12.1 Å². The maximum atomic E-state index is 13.4. The molecule has 2 aromatic carbocycles. The SMILES string of the molecule is Cc1ccc(C(=O)NCC(O)c2ccccc2)cc1F. The third kappa shape index (κ3) is 3.42. The molecule has 1 amide bonds. The third-order valence-corrected chi connectivity index (χ3v) is 3.07. The van der Waals surface area contributed by atoms with Crippen LogP contribution in [0.1, 0.15) is 27.6 Å². The van der Waals surface area contributed by atoms with E-state index in [0.717, 1.165) is 5.56 Å². The number of benzene rings is 2. The summed E-state index contributed by atoms with van der Waals surface area (Å²) in [4.78, 5) is 11.9. The quantitative estimate of drug-likeness (QED) is 0.899. The van der Waals surface area contributed by atoms with E-state index in [1.54, 1.807) is 31.2 Å². The molecule has 20 heavy (non-hydrogen) atoms. The smallest absolute Gasteiger partial charge is 0.251 e. The van der Waals surface area contributed by atoms with Gasteiger partial charge in [0.05, 0.1) is 6.10 Å². The summed E-state index contributed by atoms with van der Waals surface area (Å²) in [7, 11) is 0. The minimum atomic E-state index is -0.782. The number of nitrogens with one attached hydrogen (secondary N) is 1. The van der Waals surface area contributed by atoms with Gasteiger partial charge < -0.3 is 10.4 Å². The van der Waals surface area contributed by atoms with E-state index in [4.69, 9.17) is 0 Å². The van der Waals surface area contributed by atoms with Gasteiger partial charge in [-0.1, -0.05) is 36.4 Å². The van der Waals surface area contributed by atoms with Crippen LogP contribution in [0.4, 0.5) is 4.39 Å². The molecule has 1 unspecified atom stereocenters. The van der Waals surface area contributed by atoms with E-state index in [2.05, 4.69) is 5.32 Å². The first-order valence-corrected chi connectivity index (χ1v) is 6.35. The molecule has 0 spiro atoms. The zero-order valence-corrected chi connectivity index (χ0v) is 11.1. The van der Waals surface area contributed by atoms with Gasteiger partial charge in [-0.2, -0.15) is 0 Å². The molecule has 0 aliphatic rings. The van der Waals surface area contributed by atoms with Gasteiger partial charge in [0.2, 0.25) is 0 Å². The molecule has 0 radical (unpaired) electrons. The standard InChI is InChI=1S/C16H16FNO2/c1-11-7-8-13(9-14(11)17)16(20)18-10-15(19)12-5-3-2-4-6-12/h2-9,15,19H,10H2,1H3,(H,18,20). The summed E-state index contributed by atoms with van der Waals surface area (Å²) in [6.45, 7) is 1.72. The Morgan fingerprint density at radius 3 is 2.60 bits per heavy atom. The average molecular weight is 273 g/mol. The van der Waals surface area contributed by atoms with Crippen molar-refractivity contribution in [1.29, 1.82) is 0 Å². The molecule has 0 aromatic heterocycles. The van der Waals surface area contributed by atoms with Gasteiger partial charge in [-0.15, -0.1) is 0 Å². The molecule has 1 atom stereocenters. The maximum Gasteiger partial charge on any atom is 0.251 e. The van der Waals surface area contributed by atoms with Crippen LogP contribution in [-0.4, -0.2) is 17.6 Å². The lowest BCUT2D eigenvalue weighted by Gasteiger charge is -2.12. The maximum absolute atomic E-state index is 13.4. The molecule has 0 saturated heterocycles. The predicted molar refractivity (Wildman–Crippen MR) is 74.9 cm³/mol. The van der Waals surface area contributed by atoms with E-state index in [9.17, 15) is 14.3 Å². The van der Waals surface area contributed by atoms with E-state index >= 15 is 0 Å². The Bertz CT molecular complexity index is 599. The lowest BCUT2D eigenvalue weighted by atomic mass is 10.1. The Hall–Kier alpha value is -2.20. The van der Waals surface area contributed by atoms with Gasteiger partial charge in [-0.05, 0) is 30.2 Å². The fraction of sp³-hybridized carbons (Fsp3) is 0.188. The molecule has 104 valence electrons. The van der Waals surface area contributed by atoms with Crippen LogP contribution in [-0.2, 0) is 0 Å². The Morgan fingerprint density at radius 1 is 1.25 bits per heavy atom. The first-order chi connectivity index (χ1) is 9.58. The number of halogens is 1. The summed E-state index contributed by atoms with van der Waals surface area (Å²) in [6.07, 6.45) is -0.782. The highest BCUT2D eigenvalue weighted by Gasteiger charge is 2.11. The van der Waals surface area contributed by atoms with Crippen LogP contribution in [0, 0.1) is 12.7 Å². The van der Waals surface area contributed by atoms with Crippen molar-refractivity contribution in [2.75, 3.05) is 6.54 Å². The van der Waals surface area contributed by atoms with Crippen molar-refractivity contribution in [2.45, 2.75) is 13.0 Å². The average Bonchev–Trinajstić information content (AvgIpc) is 2.48. The van der Waals surface area contributed by atoms with Gasteiger partial charge in [0.25, 0.3) is 5.91 Å². The second-order valence-electron chi connectivity index (χ2n) is 4.60. The van der Waals surface area contributed by atoms with Crippen molar-refractivity contribution in [3.05, 3.63) is 71.0 Å². The highest BCUT2D eigenvalue weighted by Crippen LogP contribution is 2.12. The Labute approximate surface area is 117 Å². The fourth-order valence-electron chi connectivity index (χ4n) is 1.82. The van der Waals surface area contributed by atoms with Crippen LogP contribution < -0.4 is 5.32 Å². The molecule has 0 fully saturated rings. The highest BCUT2D eigenvalue weighted by molar-refractivity contribution is 5.94. The van der Waals surface area contributed by atoms with Crippen molar-refractivity contribution < 1.29 is 14.3 Å². The molecule has 2 aromatic rings. The number of hydrogen-bond donors (Lipinski definition) is 2. The topological polar surface area (TPSA) is 49.3 Å². The van der Waals surface area contributed by atoms with Crippen LogP contribution in [0.5, 0.6) is 0 Å². The predicted octanol–water partition coefficient (Wildman–Crippen LogP) is 2.60. The number of amides is 1. The van der Waals surface area contributed by atoms with Crippen LogP contribution >= 0.6 is 0 Å². The molecule has 0 saturated carbocycles. The van der Waals surface area contributed by atoms with E-state index in [1.165, 1.54) is 6.07 Å². The number of aliphatic hydroxyl groups is 1. The van der Waals surface area contributed by atoms with Crippen LogP contribution in [0.25, 0.3) is 0 Å². The molecule has 3 nitrogen and oxygen atoms in total. The molecule has 0 aliphatic heterocycles. The molecule has 0 heterocycles. The van der Waals surface area contributed by atoms with E-state index in [1.807, 2.05) is 18.2 Å². The summed E-state index contributed by atoms with van der Waals surface area (Å²) < 4.78 is 13.4. The van der Waals surface area contributed by atoms with Crippen LogP contribution in [0.3, 0.4) is 0 Å². The fourth-order valence-corrected chi connectivity index (χ4v) is 1.82. The second kappa shape index (κ2) is 6.30. The van der Waals surface area contributed by atoms with E-state index < -0.39 is 17.8 Å². The van der Waals surface area contributed by atoms with Gasteiger partial charge in [0.15, 0.2) is 0 Å². The third-order valence-electron chi connectivity index (χ3n) is 3.07. The Morgan fingerprint density at radius 2 is 1.95 bits per heavy atom. The van der Waals surface area contributed by atoms with Crippen molar-refractivity contribution in [1.82, 2.24) is 5.32 Å². The first-order valence-electron chi connectivity index (χ1n) is 6.35. The Kier molecular flexibility index (Phi) is 4.48. The lowest BCUT2D eigenvalue weighted by molar-refractivity contribution is 0.0916. The van der Waals surface area contributed by atoms with Crippen molar-refractivity contribution >= 4 is 5.91 Å². The van der Waals surface area contributed by atoms with Gasteiger partial charge in [0, 0.05) is 12.1 Å². The molecule has 0 bridgehead atoms. The van der Waals surface area contributed by atoms with Gasteiger partial charge in [-0.3, -0.25) is 4.79 Å². The molecular weight excluding hydrogens is 257 g/mol. The minimum Gasteiger partial charge on any atom is -0.387 e. The monoisotopic (exact) mass is 273 g/mol. The van der Waals surface area contributed by atoms with Crippen LogP contribution in [0.2, 0.25) is 0 Å². The second-order valence-corrected chi connectivity index (χ2v) is 4.60. The molecular formula is C16H16FNO2. The summed E-state index contributed by atoms with van der Waals surface area (Å²) in [5, 5.41) is 12.5. The molecule has 4 heteroatoms. The largest absolute Gasteiger partial charge is 0.387 e. The van der Waals surface area contributed by atoms with Crippen molar-refractivity contribution in [2.24, 2.45) is 0 Å². The summed E-state index contributed by atoms with van der Waals surface area (Å²) >= 11 is 0. The molecule has 0 aliphatic carbocycles. The summed E-state index contributed by atoms with van der Waals surface area (Å²) in [5.74, 6) is -0.819. The number of aryl methyl sites for hydroxylation is 1. The number of rotatable bonds is 4. The summed E-state index contributed by atoms with van der Waals surface area (Å²) in [6, 6.07) is 13.3. The first kappa shape index (κ1) is 14.2. The zero-order chi connectivity index (χ0) is 14.5. The Balaban J connectivity index is 1.97. The molecule has 2 rings (SSSR count). The number of carbonyl (C=O) groups is 1. The van der Waals surface area contributed by atoms with Crippen molar-refractivity contribution in [3.63, 3.8) is 0 Å². The normalized spacial score (nSPS) is 11.9. The van der Waals surface area contributed by atoms with E-state index in [0.29, 0.717) is 5.56 Å². The number of aliphatic hydroxyl groups excluding tert-OH is 1. The van der Waals surface area contributed by atoms with Crippen molar-refractivity contribution in [3.8, 4) is 0 Å². The minimum absolute atomic E-state index is 0.0817. The lowest BCUT2D eigenvalue weighted by Crippen LogP contribution is -2.28. The number of hydrogen-bond acceptors (Lipinski definition) is 2.